The Morgan fingerprint density at radius 3 is 2.05 bits per heavy atom. The molecule has 0 bridgehead atoms. The van der Waals surface area contributed by atoms with Gasteiger partial charge in [-0.1, -0.05) is 27.7 Å². The van der Waals surface area contributed by atoms with Gasteiger partial charge in [0.25, 0.3) is 5.91 Å². The van der Waals surface area contributed by atoms with Crippen LogP contribution in [0.5, 0.6) is 0 Å². The van der Waals surface area contributed by atoms with Crippen molar-refractivity contribution in [2.24, 2.45) is 11.8 Å². The van der Waals surface area contributed by atoms with Gasteiger partial charge >= 0.3 is 5.97 Å². The lowest BCUT2D eigenvalue weighted by molar-refractivity contribution is -0.137. The van der Waals surface area contributed by atoms with Gasteiger partial charge in [0.1, 0.15) is 5.82 Å². The van der Waals surface area contributed by atoms with E-state index in [1.807, 2.05) is 27.7 Å². The van der Waals surface area contributed by atoms with Crippen LogP contribution in [-0.4, -0.2) is 62.7 Å². The number of halogens is 3. The molecule has 1 unspecified atom stereocenters. The molecule has 1 amide bonds. The van der Waals surface area contributed by atoms with Crippen molar-refractivity contribution in [3.8, 4) is 11.3 Å². The SMILES string of the molecule is CC(C)CN(CC(C)C)c1cc(-c2cc(F)c(F)c(F)c2)nc2cc(C(=O)N(C)C(C)CC(=O)O)nn12. The number of aromatic nitrogens is 3. The van der Waals surface area contributed by atoms with Gasteiger partial charge in [-0.2, -0.15) is 9.61 Å². The number of nitrogens with zero attached hydrogens (tertiary/aromatic N) is 5. The first-order chi connectivity index (χ1) is 17.3. The lowest BCUT2D eigenvalue weighted by Crippen LogP contribution is -2.36. The maximum atomic E-state index is 14.0. The molecule has 0 aliphatic rings. The molecule has 0 aliphatic carbocycles. The van der Waals surface area contributed by atoms with Crippen LogP contribution in [0.25, 0.3) is 16.9 Å². The summed E-state index contributed by atoms with van der Waals surface area (Å²) in [4.78, 5) is 32.0. The second kappa shape index (κ2) is 11.2. The summed E-state index contributed by atoms with van der Waals surface area (Å²) in [6.45, 7) is 11.1. The van der Waals surface area contributed by atoms with Crippen molar-refractivity contribution in [3.05, 3.63) is 47.4 Å². The number of benzene rings is 1. The molecule has 0 radical (unpaired) electrons. The van der Waals surface area contributed by atoms with Crippen molar-refractivity contribution in [2.45, 2.75) is 47.1 Å². The Morgan fingerprint density at radius 2 is 1.54 bits per heavy atom. The second-order valence-corrected chi connectivity index (χ2v) is 10.1. The molecular weight excluding hydrogens is 487 g/mol. The van der Waals surface area contributed by atoms with E-state index < -0.39 is 35.4 Å². The topological polar surface area (TPSA) is 91.0 Å². The van der Waals surface area contributed by atoms with E-state index >= 15 is 0 Å². The third kappa shape index (κ3) is 6.39. The monoisotopic (exact) mass is 519 g/mol. The first-order valence-corrected chi connectivity index (χ1v) is 12.1. The fourth-order valence-electron chi connectivity index (χ4n) is 4.05. The maximum absolute atomic E-state index is 14.0. The van der Waals surface area contributed by atoms with Gasteiger partial charge in [0.15, 0.2) is 28.8 Å². The van der Waals surface area contributed by atoms with Crippen molar-refractivity contribution < 1.29 is 27.9 Å². The summed E-state index contributed by atoms with van der Waals surface area (Å²) in [5, 5.41) is 13.6. The smallest absolute Gasteiger partial charge is 0.305 e. The standard InChI is InChI=1S/C26H32F3N5O3/c1-14(2)12-33(13-15(3)4)23-11-20(17-8-18(27)25(29)19(28)9-17)30-22-10-21(31-34(22)23)26(37)32(6)16(5)7-24(35)36/h8-11,14-16H,7,12-13H2,1-6H3,(H,35,36). The van der Waals surface area contributed by atoms with E-state index in [2.05, 4.69) is 15.0 Å². The number of carboxylic acid groups (broad SMARTS) is 1. The first-order valence-electron chi connectivity index (χ1n) is 12.1. The summed E-state index contributed by atoms with van der Waals surface area (Å²) in [5.41, 5.74) is 0.508. The van der Waals surface area contributed by atoms with Crippen LogP contribution < -0.4 is 4.90 Å². The summed E-state index contributed by atoms with van der Waals surface area (Å²) in [7, 11) is 1.49. The first kappa shape index (κ1) is 27.9. The zero-order chi connectivity index (χ0) is 27.6. The highest BCUT2D eigenvalue weighted by atomic mass is 19.2. The molecule has 37 heavy (non-hydrogen) atoms. The molecule has 3 rings (SSSR count). The van der Waals surface area contributed by atoms with E-state index in [-0.39, 0.29) is 40.9 Å². The molecule has 0 saturated heterocycles. The highest BCUT2D eigenvalue weighted by Crippen LogP contribution is 2.28. The Morgan fingerprint density at radius 1 is 0.973 bits per heavy atom. The minimum atomic E-state index is -1.57. The van der Waals surface area contributed by atoms with Gasteiger partial charge in [0.05, 0.1) is 12.1 Å². The van der Waals surface area contributed by atoms with Crippen LogP contribution in [-0.2, 0) is 4.79 Å². The van der Waals surface area contributed by atoms with Gasteiger partial charge in [-0.25, -0.2) is 18.2 Å². The van der Waals surface area contributed by atoms with Crippen molar-refractivity contribution in [2.75, 3.05) is 25.0 Å². The van der Waals surface area contributed by atoms with E-state index in [9.17, 15) is 22.8 Å². The summed E-state index contributed by atoms with van der Waals surface area (Å²) in [5.74, 6) is -4.71. The zero-order valence-electron chi connectivity index (χ0n) is 21.8. The maximum Gasteiger partial charge on any atom is 0.305 e. The van der Waals surface area contributed by atoms with Crippen LogP contribution in [0.4, 0.5) is 19.0 Å². The number of hydrogen-bond acceptors (Lipinski definition) is 5. The Bertz CT molecular complexity index is 1280. The van der Waals surface area contributed by atoms with Gasteiger partial charge in [0.2, 0.25) is 0 Å². The van der Waals surface area contributed by atoms with Crippen LogP contribution in [0.2, 0.25) is 0 Å². The summed E-state index contributed by atoms with van der Waals surface area (Å²) >= 11 is 0. The van der Waals surface area contributed by atoms with E-state index in [1.54, 1.807) is 13.0 Å². The minimum absolute atomic E-state index is 0.0375. The lowest BCUT2D eigenvalue weighted by Gasteiger charge is -2.29. The van der Waals surface area contributed by atoms with Crippen molar-refractivity contribution in [1.82, 2.24) is 19.5 Å². The zero-order valence-corrected chi connectivity index (χ0v) is 21.8. The fraction of sp³-hybridized carbons (Fsp3) is 0.462. The van der Waals surface area contributed by atoms with E-state index in [4.69, 9.17) is 5.11 Å². The molecule has 2 aromatic heterocycles. The summed E-state index contributed by atoms with van der Waals surface area (Å²) in [6.07, 6.45) is -0.235. The molecule has 200 valence electrons. The highest BCUT2D eigenvalue weighted by Gasteiger charge is 2.25. The van der Waals surface area contributed by atoms with E-state index in [1.165, 1.54) is 22.5 Å². The van der Waals surface area contributed by atoms with Crippen LogP contribution in [0.1, 0.15) is 51.5 Å². The molecule has 8 nitrogen and oxygen atoms in total. The molecule has 11 heteroatoms. The number of anilines is 1. The number of amides is 1. The summed E-state index contributed by atoms with van der Waals surface area (Å²) < 4.78 is 43.2. The van der Waals surface area contributed by atoms with Crippen LogP contribution in [0.15, 0.2) is 24.3 Å². The molecule has 0 aliphatic heterocycles. The van der Waals surface area contributed by atoms with Crippen molar-refractivity contribution in [1.29, 1.82) is 0 Å². The molecule has 0 fully saturated rings. The molecule has 1 aromatic carbocycles. The van der Waals surface area contributed by atoms with Gasteiger partial charge in [-0.05, 0) is 30.9 Å². The van der Waals surface area contributed by atoms with Gasteiger partial charge in [0, 0.05) is 43.9 Å². The Balaban J connectivity index is 2.20. The van der Waals surface area contributed by atoms with Crippen LogP contribution in [0, 0.1) is 29.3 Å². The van der Waals surface area contributed by atoms with E-state index in [0.717, 1.165) is 12.1 Å². The third-order valence-electron chi connectivity index (χ3n) is 5.85. The summed E-state index contributed by atoms with van der Waals surface area (Å²) in [6, 6.07) is 4.22. The number of carboxylic acids is 1. The van der Waals surface area contributed by atoms with Crippen molar-refractivity contribution in [3.63, 3.8) is 0 Å². The Kier molecular flexibility index (Phi) is 8.45. The minimum Gasteiger partial charge on any atom is -0.481 e. The molecule has 1 atom stereocenters. The second-order valence-electron chi connectivity index (χ2n) is 10.1. The number of rotatable bonds is 10. The predicted molar refractivity (Wildman–Crippen MR) is 134 cm³/mol. The quantitative estimate of drug-likeness (QED) is 0.385. The van der Waals surface area contributed by atoms with Crippen LogP contribution >= 0.6 is 0 Å². The molecule has 0 spiro atoms. The average Bonchev–Trinajstić information content (AvgIpc) is 3.23. The number of carbonyl (C=O) groups is 2. The normalized spacial score (nSPS) is 12.4. The largest absolute Gasteiger partial charge is 0.481 e. The number of fused-ring (bicyclic) bond motifs is 1. The number of hydrogen-bond donors (Lipinski definition) is 1. The average molecular weight is 520 g/mol. The third-order valence-corrected chi connectivity index (χ3v) is 5.85. The van der Waals surface area contributed by atoms with Crippen molar-refractivity contribution >= 4 is 23.3 Å². The Labute approximate surface area is 213 Å². The van der Waals surface area contributed by atoms with Crippen LogP contribution in [0.3, 0.4) is 0 Å². The number of aliphatic carboxylic acids is 1. The van der Waals surface area contributed by atoms with Gasteiger partial charge in [-0.3, -0.25) is 9.59 Å². The molecule has 0 saturated carbocycles. The molecule has 3 aromatic rings. The number of carbonyl (C=O) groups excluding carboxylic acids is 1. The molecule has 2 heterocycles. The van der Waals surface area contributed by atoms with Gasteiger partial charge < -0.3 is 14.9 Å². The fourth-order valence-corrected chi connectivity index (χ4v) is 4.05. The van der Waals surface area contributed by atoms with Gasteiger partial charge in [-0.15, -0.1) is 0 Å². The molecule has 1 N–H and O–H groups in total. The Hall–Kier alpha value is -3.63. The van der Waals surface area contributed by atoms with E-state index in [0.29, 0.717) is 18.9 Å². The highest BCUT2D eigenvalue weighted by molar-refractivity contribution is 5.94. The molecular formula is C26H32F3N5O3. The lowest BCUT2D eigenvalue weighted by atomic mass is 10.1. The predicted octanol–water partition coefficient (Wildman–Crippen LogP) is 4.87.